The van der Waals surface area contributed by atoms with Crippen molar-refractivity contribution in [1.82, 2.24) is 5.32 Å². The maximum atomic E-state index is 5.81. The Hall–Kier alpha value is -1.52. The highest BCUT2D eigenvalue weighted by Gasteiger charge is 2.23. The zero-order valence-corrected chi connectivity index (χ0v) is 11.9. The second kappa shape index (κ2) is 5.23. The second-order valence-electron chi connectivity index (χ2n) is 4.53. The van der Waals surface area contributed by atoms with Crippen molar-refractivity contribution in [3.63, 3.8) is 0 Å². The van der Waals surface area contributed by atoms with Gasteiger partial charge in [-0.3, -0.25) is 0 Å². The molecule has 4 heteroatoms. The van der Waals surface area contributed by atoms with Crippen LogP contribution >= 0.6 is 11.3 Å². The molecular formula is C15H17NO2S. The van der Waals surface area contributed by atoms with Crippen molar-refractivity contribution < 1.29 is 9.47 Å². The Morgan fingerprint density at radius 3 is 2.74 bits per heavy atom. The lowest BCUT2D eigenvalue weighted by molar-refractivity contribution is 0.169. The van der Waals surface area contributed by atoms with E-state index < -0.39 is 0 Å². The molecule has 0 saturated heterocycles. The molecule has 2 heterocycles. The van der Waals surface area contributed by atoms with E-state index in [4.69, 9.17) is 9.47 Å². The van der Waals surface area contributed by atoms with E-state index in [0.29, 0.717) is 13.2 Å². The molecule has 19 heavy (non-hydrogen) atoms. The van der Waals surface area contributed by atoms with E-state index in [1.54, 1.807) is 11.3 Å². The Kier molecular flexibility index (Phi) is 3.44. The minimum atomic E-state index is 0.142. The van der Waals surface area contributed by atoms with Crippen LogP contribution in [-0.2, 0) is 0 Å². The van der Waals surface area contributed by atoms with Crippen LogP contribution in [0.1, 0.15) is 22.0 Å². The van der Waals surface area contributed by atoms with Crippen LogP contribution in [0.25, 0.3) is 0 Å². The van der Waals surface area contributed by atoms with Crippen LogP contribution in [0.2, 0.25) is 0 Å². The zero-order chi connectivity index (χ0) is 13.2. The maximum Gasteiger partial charge on any atom is 0.166 e. The first-order chi connectivity index (χ1) is 9.31. The number of thiophene rings is 1. The number of hydrogen-bond acceptors (Lipinski definition) is 4. The van der Waals surface area contributed by atoms with Gasteiger partial charge < -0.3 is 14.8 Å². The first-order valence-corrected chi connectivity index (χ1v) is 7.29. The maximum absolute atomic E-state index is 5.81. The van der Waals surface area contributed by atoms with Gasteiger partial charge in [0.2, 0.25) is 0 Å². The van der Waals surface area contributed by atoms with E-state index in [1.165, 1.54) is 10.4 Å². The highest BCUT2D eigenvalue weighted by Crippen LogP contribution is 2.40. The Morgan fingerprint density at radius 2 is 2.00 bits per heavy atom. The summed E-state index contributed by atoms with van der Waals surface area (Å²) in [6, 6.07) is 8.40. The number of hydrogen-bond donors (Lipinski definition) is 1. The molecule has 0 bridgehead atoms. The van der Waals surface area contributed by atoms with Gasteiger partial charge in [-0.2, -0.15) is 0 Å². The molecule has 3 rings (SSSR count). The van der Waals surface area contributed by atoms with Gasteiger partial charge in [-0.05, 0) is 37.0 Å². The summed E-state index contributed by atoms with van der Waals surface area (Å²) in [7, 11) is 1.98. The number of benzene rings is 1. The summed E-state index contributed by atoms with van der Waals surface area (Å²) in [4.78, 5) is 1.33. The van der Waals surface area contributed by atoms with Crippen LogP contribution < -0.4 is 14.8 Å². The van der Waals surface area contributed by atoms with Crippen molar-refractivity contribution in [2.75, 3.05) is 20.3 Å². The third kappa shape index (κ3) is 2.22. The van der Waals surface area contributed by atoms with E-state index in [1.807, 2.05) is 19.2 Å². The Balaban J connectivity index is 2.07. The van der Waals surface area contributed by atoms with E-state index in [2.05, 4.69) is 29.8 Å². The van der Waals surface area contributed by atoms with Gasteiger partial charge in [0.15, 0.2) is 11.5 Å². The average molecular weight is 275 g/mol. The van der Waals surface area contributed by atoms with E-state index in [0.717, 1.165) is 17.1 Å². The van der Waals surface area contributed by atoms with Gasteiger partial charge in [-0.25, -0.2) is 0 Å². The van der Waals surface area contributed by atoms with Crippen LogP contribution in [0.4, 0.5) is 0 Å². The first-order valence-electron chi connectivity index (χ1n) is 6.41. The molecule has 0 saturated carbocycles. The molecule has 100 valence electrons. The predicted molar refractivity (Wildman–Crippen MR) is 77.4 cm³/mol. The largest absolute Gasteiger partial charge is 0.486 e. The smallest absolute Gasteiger partial charge is 0.166 e. The Labute approximate surface area is 117 Å². The fourth-order valence-corrected chi connectivity index (χ4v) is 3.24. The van der Waals surface area contributed by atoms with Gasteiger partial charge >= 0.3 is 0 Å². The summed E-state index contributed by atoms with van der Waals surface area (Å²) in [5.41, 5.74) is 2.44. The van der Waals surface area contributed by atoms with Crippen molar-refractivity contribution in [3.05, 3.63) is 45.6 Å². The third-order valence-electron chi connectivity index (χ3n) is 3.41. The Morgan fingerprint density at radius 1 is 1.16 bits per heavy atom. The fourth-order valence-electron chi connectivity index (χ4n) is 2.50. The average Bonchev–Trinajstić information content (AvgIpc) is 2.86. The summed E-state index contributed by atoms with van der Waals surface area (Å²) in [6.45, 7) is 3.39. The molecule has 1 aromatic carbocycles. The molecule has 0 radical (unpaired) electrons. The number of nitrogens with one attached hydrogen (secondary N) is 1. The lowest BCUT2D eigenvalue weighted by atomic mass is 9.98. The molecule has 1 unspecified atom stereocenters. The summed E-state index contributed by atoms with van der Waals surface area (Å²) < 4.78 is 11.5. The summed E-state index contributed by atoms with van der Waals surface area (Å²) in [5.74, 6) is 1.72. The second-order valence-corrected chi connectivity index (χ2v) is 5.65. The van der Waals surface area contributed by atoms with Crippen molar-refractivity contribution in [2.24, 2.45) is 0 Å². The van der Waals surface area contributed by atoms with Gasteiger partial charge in [-0.1, -0.05) is 12.1 Å². The van der Waals surface area contributed by atoms with Crippen molar-refractivity contribution >= 4 is 11.3 Å². The van der Waals surface area contributed by atoms with Gasteiger partial charge in [0, 0.05) is 10.4 Å². The normalized spacial score (nSPS) is 15.3. The molecule has 1 atom stereocenters. The number of aryl methyl sites for hydroxylation is 1. The Bertz CT molecular complexity index is 579. The van der Waals surface area contributed by atoms with Crippen molar-refractivity contribution in [1.29, 1.82) is 0 Å². The topological polar surface area (TPSA) is 30.5 Å². The van der Waals surface area contributed by atoms with Gasteiger partial charge in [0.1, 0.15) is 13.2 Å². The number of para-hydroxylation sites is 1. The monoisotopic (exact) mass is 275 g/mol. The zero-order valence-electron chi connectivity index (χ0n) is 11.1. The quantitative estimate of drug-likeness (QED) is 0.933. The number of fused-ring (bicyclic) bond motifs is 1. The molecule has 2 aromatic rings. The number of ether oxygens (including phenoxy) is 2. The third-order valence-corrected chi connectivity index (χ3v) is 4.27. The molecule has 1 aromatic heterocycles. The molecule has 0 fully saturated rings. The van der Waals surface area contributed by atoms with E-state index in [-0.39, 0.29) is 6.04 Å². The van der Waals surface area contributed by atoms with Gasteiger partial charge in [0.25, 0.3) is 0 Å². The highest BCUT2D eigenvalue weighted by atomic mass is 32.1. The van der Waals surface area contributed by atoms with Gasteiger partial charge in [0.05, 0.1) is 6.04 Å². The summed E-state index contributed by atoms with van der Waals surface area (Å²) >= 11 is 1.77. The predicted octanol–water partition coefficient (Wildman–Crippen LogP) is 3.14. The molecular weight excluding hydrogens is 258 g/mol. The van der Waals surface area contributed by atoms with Crippen LogP contribution in [0.15, 0.2) is 29.6 Å². The minimum absolute atomic E-state index is 0.142. The standard InChI is InChI=1S/C15H17NO2S/c1-10-11(6-9-19-10)14(16-2)12-4-3-5-13-15(12)18-8-7-17-13/h3-6,9,14,16H,7-8H2,1-2H3. The number of rotatable bonds is 3. The molecule has 0 amide bonds. The molecule has 1 aliphatic rings. The van der Waals surface area contributed by atoms with Crippen LogP contribution in [0.5, 0.6) is 11.5 Å². The molecule has 3 nitrogen and oxygen atoms in total. The molecule has 1 aliphatic heterocycles. The van der Waals surface area contributed by atoms with Crippen LogP contribution in [-0.4, -0.2) is 20.3 Å². The summed E-state index contributed by atoms with van der Waals surface area (Å²) in [5, 5.41) is 5.51. The van der Waals surface area contributed by atoms with E-state index in [9.17, 15) is 0 Å². The van der Waals surface area contributed by atoms with Crippen molar-refractivity contribution in [2.45, 2.75) is 13.0 Å². The minimum Gasteiger partial charge on any atom is -0.486 e. The highest BCUT2D eigenvalue weighted by molar-refractivity contribution is 7.10. The molecule has 0 spiro atoms. The van der Waals surface area contributed by atoms with Crippen LogP contribution in [0.3, 0.4) is 0 Å². The van der Waals surface area contributed by atoms with Crippen molar-refractivity contribution in [3.8, 4) is 11.5 Å². The fraction of sp³-hybridized carbons (Fsp3) is 0.333. The first kappa shape index (κ1) is 12.5. The molecule has 0 aliphatic carbocycles. The van der Waals surface area contributed by atoms with Gasteiger partial charge in [-0.15, -0.1) is 11.3 Å². The molecule has 1 N–H and O–H groups in total. The lowest BCUT2D eigenvalue weighted by Crippen LogP contribution is -2.22. The SMILES string of the molecule is CNC(c1ccsc1C)c1cccc2c1OCCO2. The summed E-state index contributed by atoms with van der Waals surface area (Å²) in [6.07, 6.45) is 0. The van der Waals surface area contributed by atoms with Crippen LogP contribution in [0, 0.1) is 6.92 Å². The lowest BCUT2D eigenvalue weighted by Gasteiger charge is -2.25. The van der Waals surface area contributed by atoms with E-state index >= 15 is 0 Å².